The van der Waals surface area contributed by atoms with Gasteiger partial charge in [0.15, 0.2) is 0 Å². The number of aryl methyl sites for hydroxylation is 2. The summed E-state index contributed by atoms with van der Waals surface area (Å²) in [6, 6.07) is 15.2. The molecule has 1 amide bonds. The first-order chi connectivity index (χ1) is 15.9. The van der Waals surface area contributed by atoms with E-state index in [-0.39, 0.29) is 5.91 Å². The second-order valence-electron chi connectivity index (χ2n) is 8.37. The number of hydrogen-bond acceptors (Lipinski definition) is 5. The molecule has 0 saturated carbocycles. The van der Waals surface area contributed by atoms with E-state index in [1.807, 2.05) is 5.38 Å². The van der Waals surface area contributed by atoms with E-state index in [4.69, 9.17) is 0 Å². The number of carbonyl (C=O) groups is 1. The van der Waals surface area contributed by atoms with E-state index < -0.39 is 10.0 Å². The van der Waals surface area contributed by atoms with Crippen LogP contribution in [0.25, 0.3) is 10.6 Å². The molecule has 6 nitrogen and oxygen atoms in total. The molecule has 3 aromatic rings. The maximum atomic E-state index is 12.6. The third-order valence-corrected chi connectivity index (χ3v) is 8.67. The molecule has 0 aliphatic carbocycles. The van der Waals surface area contributed by atoms with Crippen molar-refractivity contribution in [1.82, 2.24) is 14.6 Å². The van der Waals surface area contributed by atoms with Gasteiger partial charge in [-0.1, -0.05) is 42.0 Å². The van der Waals surface area contributed by atoms with Gasteiger partial charge in [-0.2, -0.15) is 4.31 Å². The predicted octanol–water partition coefficient (Wildman–Crippen LogP) is 4.19. The van der Waals surface area contributed by atoms with E-state index in [0.29, 0.717) is 43.8 Å². The summed E-state index contributed by atoms with van der Waals surface area (Å²) in [5.41, 5.74) is 4.26. The second-order valence-corrected chi connectivity index (χ2v) is 11.2. The van der Waals surface area contributed by atoms with Crippen molar-refractivity contribution < 1.29 is 13.2 Å². The van der Waals surface area contributed by atoms with Crippen molar-refractivity contribution in [3.63, 3.8) is 0 Å². The molecule has 1 aliphatic heterocycles. The molecule has 1 aromatic heterocycles. The largest absolute Gasteiger partial charge is 0.356 e. The van der Waals surface area contributed by atoms with Crippen molar-refractivity contribution in [3.8, 4) is 10.6 Å². The first-order valence-corrected chi connectivity index (χ1v) is 13.6. The normalized spacial score (nSPS) is 14.5. The van der Waals surface area contributed by atoms with Gasteiger partial charge in [0.2, 0.25) is 15.9 Å². The minimum absolute atomic E-state index is 0.0160. The van der Waals surface area contributed by atoms with Gasteiger partial charge in [0.05, 0.1) is 10.6 Å². The first kappa shape index (κ1) is 23.6. The fourth-order valence-corrected chi connectivity index (χ4v) is 6.21. The number of aromatic nitrogens is 1. The number of benzene rings is 2. The summed E-state index contributed by atoms with van der Waals surface area (Å²) in [6.07, 6.45) is 3.47. The standard InChI is InChI=1S/C25H29N3O3S2/c1-19-4-9-21(10-5-19)25-27-22(18-32-25)14-15-26-24(29)13-8-20-6-11-23(12-7-20)33(30,31)28-16-2-3-17-28/h4-7,9-12,18H,2-3,8,13-17H2,1H3,(H,26,29). The minimum atomic E-state index is -3.39. The van der Waals surface area contributed by atoms with Gasteiger partial charge in [0, 0.05) is 43.4 Å². The number of amides is 1. The van der Waals surface area contributed by atoms with Gasteiger partial charge in [-0.25, -0.2) is 13.4 Å². The van der Waals surface area contributed by atoms with Gasteiger partial charge in [-0.05, 0) is 43.9 Å². The van der Waals surface area contributed by atoms with E-state index in [1.165, 1.54) is 5.56 Å². The van der Waals surface area contributed by atoms with Gasteiger partial charge in [-0.15, -0.1) is 11.3 Å². The number of rotatable bonds is 9. The molecule has 4 rings (SSSR count). The van der Waals surface area contributed by atoms with Crippen molar-refractivity contribution >= 4 is 27.3 Å². The molecule has 2 heterocycles. The maximum Gasteiger partial charge on any atom is 0.243 e. The lowest BCUT2D eigenvalue weighted by Crippen LogP contribution is -2.27. The molecule has 8 heteroatoms. The minimum Gasteiger partial charge on any atom is -0.356 e. The highest BCUT2D eigenvalue weighted by molar-refractivity contribution is 7.89. The molecule has 0 atom stereocenters. The van der Waals surface area contributed by atoms with Gasteiger partial charge < -0.3 is 5.32 Å². The fraction of sp³-hybridized carbons (Fsp3) is 0.360. The third-order valence-electron chi connectivity index (χ3n) is 5.82. The van der Waals surface area contributed by atoms with Crippen LogP contribution in [0.4, 0.5) is 0 Å². The van der Waals surface area contributed by atoms with Gasteiger partial charge in [-0.3, -0.25) is 4.79 Å². The Labute approximate surface area is 199 Å². The number of nitrogens with one attached hydrogen (secondary N) is 1. The number of sulfonamides is 1. The maximum absolute atomic E-state index is 12.6. The topological polar surface area (TPSA) is 79.4 Å². The van der Waals surface area contributed by atoms with Gasteiger partial charge in [0.25, 0.3) is 0 Å². The molecule has 33 heavy (non-hydrogen) atoms. The summed E-state index contributed by atoms with van der Waals surface area (Å²) < 4.78 is 26.7. The van der Waals surface area contributed by atoms with Crippen molar-refractivity contribution in [1.29, 1.82) is 0 Å². The van der Waals surface area contributed by atoms with Crippen LogP contribution in [0.2, 0.25) is 0 Å². The Kier molecular flexibility index (Phi) is 7.57. The molecular formula is C25H29N3O3S2. The van der Waals surface area contributed by atoms with E-state index >= 15 is 0 Å². The summed E-state index contributed by atoms with van der Waals surface area (Å²) >= 11 is 1.62. The summed E-state index contributed by atoms with van der Waals surface area (Å²) in [5.74, 6) is -0.0160. The van der Waals surface area contributed by atoms with E-state index in [9.17, 15) is 13.2 Å². The SMILES string of the molecule is Cc1ccc(-c2nc(CCNC(=O)CCc3ccc(S(=O)(=O)N4CCCC4)cc3)cs2)cc1. The second kappa shape index (κ2) is 10.6. The van der Waals surface area contributed by atoms with E-state index in [0.717, 1.165) is 34.7 Å². The van der Waals surface area contributed by atoms with Crippen LogP contribution in [-0.2, 0) is 27.7 Å². The lowest BCUT2D eigenvalue weighted by atomic mass is 10.1. The summed E-state index contributed by atoms with van der Waals surface area (Å²) in [5, 5.41) is 5.99. The summed E-state index contributed by atoms with van der Waals surface area (Å²) in [6.45, 7) is 3.80. The Bertz CT molecular complexity index is 1180. The number of thiazole rings is 1. The average Bonchev–Trinajstić information content (AvgIpc) is 3.52. The first-order valence-electron chi connectivity index (χ1n) is 11.3. The van der Waals surface area contributed by atoms with Crippen LogP contribution in [0.15, 0.2) is 58.8 Å². The molecule has 1 N–H and O–H groups in total. The Balaban J connectivity index is 1.21. The van der Waals surface area contributed by atoms with Crippen molar-refractivity contribution in [2.45, 2.75) is 43.9 Å². The smallest absolute Gasteiger partial charge is 0.243 e. The average molecular weight is 484 g/mol. The predicted molar refractivity (Wildman–Crippen MR) is 132 cm³/mol. The molecule has 1 saturated heterocycles. The van der Waals surface area contributed by atoms with Gasteiger partial charge >= 0.3 is 0 Å². The summed E-state index contributed by atoms with van der Waals surface area (Å²) in [7, 11) is -3.39. The molecule has 0 unspecified atom stereocenters. The lowest BCUT2D eigenvalue weighted by molar-refractivity contribution is -0.121. The number of carbonyl (C=O) groups excluding carboxylic acids is 1. The molecule has 0 bridgehead atoms. The van der Waals surface area contributed by atoms with Crippen molar-refractivity contribution in [3.05, 3.63) is 70.7 Å². The van der Waals surface area contributed by atoms with Crippen LogP contribution < -0.4 is 5.32 Å². The Hall–Kier alpha value is -2.55. The highest BCUT2D eigenvalue weighted by Gasteiger charge is 2.26. The van der Waals surface area contributed by atoms with Crippen LogP contribution in [0, 0.1) is 6.92 Å². The van der Waals surface area contributed by atoms with Crippen LogP contribution in [0.5, 0.6) is 0 Å². The monoisotopic (exact) mass is 483 g/mol. The Morgan fingerprint density at radius 3 is 2.42 bits per heavy atom. The fourth-order valence-electron chi connectivity index (χ4n) is 3.83. The zero-order valence-electron chi connectivity index (χ0n) is 18.8. The highest BCUT2D eigenvalue weighted by Crippen LogP contribution is 2.24. The van der Waals surface area contributed by atoms with Crippen molar-refractivity contribution in [2.24, 2.45) is 0 Å². The summed E-state index contributed by atoms with van der Waals surface area (Å²) in [4.78, 5) is 17.2. The Morgan fingerprint density at radius 1 is 1.03 bits per heavy atom. The van der Waals surface area contributed by atoms with Gasteiger partial charge in [0.1, 0.15) is 5.01 Å². The quantitative estimate of drug-likeness (QED) is 0.495. The van der Waals surface area contributed by atoms with Crippen LogP contribution in [0.1, 0.15) is 36.1 Å². The molecular weight excluding hydrogens is 454 g/mol. The molecule has 0 spiro atoms. The molecule has 1 fully saturated rings. The Morgan fingerprint density at radius 2 is 1.73 bits per heavy atom. The van der Waals surface area contributed by atoms with Crippen LogP contribution in [0.3, 0.4) is 0 Å². The molecule has 174 valence electrons. The number of nitrogens with zero attached hydrogens (tertiary/aromatic N) is 2. The molecule has 1 aliphatic rings. The van der Waals surface area contributed by atoms with Crippen LogP contribution >= 0.6 is 11.3 Å². The van der Waals surface area contributed by atoms with Crippen LogP contribution in [-0.4, -0.2) is 43.2 Å². The third kappa shape index (κ3) is 6.07. The van der Waals surface area contributed by atoms with E-state index in [1.54, 1.807) is 39.9 Å². The zero-order chi connectivity index (χ0) is 23.3. The highest BCUT2D eigenvalue weighted by atomic mass is 32.2. The number of hydrogen-bond donors (Lipinski definition) is 1. The van der Waals surface area contributed by atoms with Crippen molar-refractivity contribution in [2.75, 3.05) is 19.6 Å². The lowest BCUT2D eigenvalue weighted by Gasteiger charge is -2.15. The molecule has 2 aromatic carbocycles. The molecule has 0 radical (unpaired) electrons. The van der Waals surface area contributed by atoms with E-state index in [2.05, 4.69) is 41.5 Å². The zero-order valence-corrected chi connectivity index (χ0v) is 20.4.